The molecule has 2 aliphatic rings. The number of thiazole rings is 1. The van der Waals surface area contributed by atoms with E-state index in [1.807, 2.05) is 5.38 Å². The summed E-state index contributed by atoms with van der Waals surface area (Å²) in [6.07, 6.45) is 3.98. The van der Waals surface area contributed by atoms with Gasteiger partial charge in [0.05, 0.1) is 19.3 Å². The van der Waals surface area contributed by atoms with Gasteiger partial charge in [0, 0.05) is 11.6 Å². The number of amidine groups is 1. The summed E-state index contributed by atoms with van der Waals surface area (Å²) in [6, 6.07) is 0.255. The molecule has 18 heavy (non-hydrogen) atoms. The highest BCUT2D eigenvalue weighted by Crippen LogP contribution is 2.44. The van der Waals surface area contributed by atoms with Gasteiger partial charge in [-0.3, -0.25) is 0 Å². The second-order valence-corrected chi connectivity index (χ2v) is 5.80. The van der Waals surface area contributed by atoms with Crippen molar-refractivity contribution in [3.63, 3.8) is 0 Å². The molecular formula is C12H17N3O2S. The predicted molar refractivity (Wildman–Crippen MR) is 69.5 cm³/mol. The van der Waals surface area contributed by atoms with Crippen molar-refractivity contribution < 1.29 is 9.47 Å². The van der Waals surface area contributed by atoms with Crippen LogP contribution in [0.4, 0.5) is 0 Å². The Morgan fingerprint density at radius 1 is 1.56 bits per heavy atom. The van der Waals surface area contributed by atoms with Gasteiger partial charge in [-0.25, -0.2) is 9.98 Å². The summed E-state index contributed by atoms with van der Waals surface area (Å²) in [5.74, 6) is 0.383. The highest BCUT2D eigenvalue weighted by Gasteiger charge is 2.48. The first-order valence-electron chi connectivity index (χ1n) is 6.20. The molecule has 2 aliphatic heterocycles. The summed E-state index contributed by atoms with van der Waals surface area (Å²) in [4.78, 5) is 9.04. The van der Waals surface area contributed by atoms with E-state index in [1.165, 1.54) is 0 Å². The molecule has 0 saturated carbocycles. The zero-order valence-electron chi connectivity index (χ0n) is 10.3. The summed E-state index contributed by atoms with van der Waals surface area (Å²) >= 11 is 1.61. The number of hydrogen-bond donors (Lipinski definition) is 1. The predicted octanol–water partition coefficient (Wildman–Crippen LogP) is 1.50. The number of aromatic nitrogens is 1. The number of ether oxygens (including phenoxy) is 2. The fraction of sp³-hybridized carbons (Fsp3) is 0.667. The van der Waals surface area contributed by atoms with Gasteiger partial charge in [-0.2, -0.15) is 0 Å². The molecule has 0 spiro atoms. The van der Waals surface area contributed by atoms with E-state index < -0.39 is 5.54 Å². The molecule has 1 aromatic rings. The van der Waals surface area contributed by atoms with Crippen LogP contribution in [0, 0.1) is 5.92 Å². The zero-order chi connectivity index (χ0) is 12.6. The maximum atomic E-state index is 5.83. The largest absolute Gasteiger partial charge is 0.465 e. The quantitative estimate of drug-likeness (QED) is 0.837. The van der Waals surface area contributed by atoms with Gasteiger partial charge >= 0.3 is 0 Å². The standard InChI is InChI=1S/C12H17N3O2S/c1-8-6-9-2-4-16-11(13)15-12(9,7-17-8)10-14-3-5-18-10/h3,5,8-9H,2,4,6-7H2,1H3,(H2,13,15)/t8-,9+,12-/m0/s1. The fourth-order valence-electron chi connectivity index (χ4n) is 2.79. The highest BCUT2D eigenvalue weighted by atomic mass is 32.1. The minimum absolute atomic E-state index is 0.255. The van der Waals surface area contributed by atoms with E-state index in [2.05, 4.69) is 16.9 Å². The van der Waals surface area contributed by atoms with Crippen LogP contribution in [0.25, 0.3) is 0 Å². The molecule has 3 heterocycles. The van der Waals surface area contributed by atoms with Crippen molar-refractivity contribution in [3.05, 3.63) is 16.6 Å². The Labute approximate surface area is 110 Å². The lowest BCUT2D eigenvalue weighted by Crippen LogP contribution is -2.45. The van der Waals surface area contributed by atoms with E-state index in [1.54, 1.807) is 17.5 Å². The molecule has 0 aromatic carbocycles. The second-order valence-electron chi connectivity index (χ2n) is 4.90. The van der Waals surface area contributed by atoms with Crippen LogP contribution in [-0.2, 0) is 15.0 Å². The van der Waals surface area contributed by atoms with E-state index in [0.717, 1.165) is 17.8 Å². The van der Waals surface area contributed by atoms with Crippen LogP contribution in [0.15, 0.2) is 16.6 Å². The third-order valence-electron chi connectivity index (χ3n) is 3.71. The van der Waals surface area contributed by atoms with Gasteiger partial charge in [-0.15, -0.1) is 11.3 Å². The molecule has 3 rings (SSSR count). The van der Waals surface area contributed by atoms with Crippen LogP contribution in [0.3, 0.4) is 0 Å². The van der Waals surface area contributed by atoms with Crippen molar-refractivity contribution in [2.45, 2.75) is 31.4 Å². The maximum Gasteiger partial charge on any atom is 0.282 e. The zero-order valence-corrected chi connectivity index (χ0v) is 11.2. The topological polar surface area (TPSA) is 69.7 Å². The van der Waals surface area contributed by atoms with Crippen LogP contribution in [0.5, 0.6) is 0 Å². The van der Waals surface area contributed by atoms with E-state index in [9.17, 15) is 0 Å². The van der Waals surface area contributed by atoms with Crippen LogP contribution in [0.1, 0.15) is 24.8 Å². The van der Waals surface area contributed by atoms with Crippen LogP contribution >= 0.6 is 11.3 Å². The molecule has 0 aliphatic carbocycles. The number of aliphatic imine (C=N–C) groups is 1. The monoisotopic (exact) mass is 267 g/mol. The van der Waals surface area contributed by atoms with Gasteiger partial charge in [0.15, 0.2) is 0 Å². The lowest BCUT2D eigenvalue weighted by molar-refractivity contribution is -0.0540. The van der Waals surface area contributed by atoms with Crippen molar-refractivity contribution in [2.24, 2.45) is 16.6 Å². The SMILES string of the molecule is C[C@H]1C[C@H]2CCOC(N)=N[C@@]2(c2nccs2)CO1. The normalized spacial score (nSPS) is 36.2. The molecule has 2 N–H and O–H groups in total. The summed E-state index contributed by atoms with van der Waals surface area (Å²) in [6.45, 7) is 3.26. The van der Waals surface area contributed by atoms with Gasteiger partial charge in [0.2, 0.25) is 0 Å². The van der Waals surface area contributed by atoms with Crippen LogP contribution in [-0.4, -0.2) is 30.3 Å². The Morgan fingerprint density at radius 2 is 2.44 bits per heavy atom. The van der Waals surface area contributed by atoms with E-state index in [-0.39, 0.29) is 12.1 Å². The number of fused-ring (bicyclic) bond motifs is 1. The Bertz CT molecular complexity index is 448. The Hall–Kier alpha value is -1.14. The van der Waals surface area contributed by atoms with Gasteiger partial charge in [-0.05, 0) is 25.7 Å². The number of hydrogen-bond acceptors (Lipinski definition) is 6. The molecule has 1 aromatic heterocycles. The summed E-state index contributed by atoms with van der Waals surface area (Å²) < 4.78 is 11.2. The van der Waals surface area contributed by atoms with Crippen molar-refractivity contribution in [3.8, 4) is 0 Å². The van der Waals surface area contributed by atoms with Crippen molar-refractivity contribution >= 4 is 17.4 Å². The first kappa shape index (κ1) is 11.9. The van der Waals surface area contributed by atoms with Gasteiger partial charge in [0.25, 0.3) is 6.02 Å². The van der Waals surface area contributed by atoms with E-state index >= 15 is 0 Å². The van der Waals surface area contributed by atoms with Crippen molar-refractivity contribution in [2.75, 3.05) is 13.2 Å². The second kappa shape index (κ2) is 4.51. The number of nitrogens with two attached hydrogens (primary N) is 1. The van der Waals surface area contributed by atoms with Gasteiger partial charge in [-0.1, -0.05) is 0 Å². The number of nitrogens with zero attached hydrogens (tertiary/aromatic N) is 2. The molecule has 3 atom stereocenters. The molecule has 1 saturated heterocycles. The Morgan fingerprint density at radius 3 is 3.22 bits per heavy atom. The van der Waals surface area contributed by atoms with Gasteiger partial charge in [0.1, 0.15) is 10.5 Å². The van der Waals surface area contributed by atoms with Crippen LogP contribution in [0.2, 0.25) is 0 Å². The molecule has 0 amide bonds. The fourth-order valence-corrected chi connectivity index (χ4v) is 3.63. The smallest absolute Gasteiger partial charge is 0.282 e. The molecule has 98 valence electrons. The molecule has 0 bridgehead atoms. The molecule has 0 radical (unpaired) electrons. The van der Waals surface area contributed by atoms with Crippen molar-refractivity contribution in [1.82, 2.24) is 4.98 Å². The molecule has 1 fully saturated rings. The average Bonchev–Trinajstić information content (AvgIpc) is 2.82. The Kier molecular flexibility index (Phi) is 2.99. The lowest BCUT2D eigenvalue weighted by atomic mass is 9.78. The average molecular weight is 267 g/mol. The van der Waals surface area contributed by atoms with Gasteiger partial charge < -0.3 is 15.2 Å². The third-order valence-corrected chi connectivity index (χ3v) is 4.65. The minimum atomic E-state index is -0.443. The highest BCUT2D eigenvalue weighted by molar-refractivity contribution is 7.09. The first-order chi connectivity index (χ1) is 8.71. The van der Waals surface area contributed by atoms with Crippen molar-refractivity contribution in [1.29, 1.82) is 0 Å². The molecule has 0 unspecified atom stereocenters. The molecule has 5 nitrogen and oxygen atoms in total. The summed E-state index contributed by atoms with van der Waals surface area (Å²) in [5, 5.41) is 2.95. The van der Waals surface area contributed by atoms with Crippen LogP contribution < -0.4 is 5.73 Å². The molecular weight excluding hydrogens is 250 g/mol. The first-order valence-corrected chi connectivity index (χ1v) is 7.08. The third kappa shape index (κ3) is 1.89. The molecule has 6 heteroatoms. The Balaban J connectivity index is 2.05. The maximum absolute atomic E-state index is 5.83. The van der Waals surface area contributed by atoms with E-state index in [4.69, 9.17) is 15.2 Å². The minimum Gasteiger partial charge on any atom is -0.465 e. The summed E-state index contributed by atoms with van der Waals surface area (Å²) in [7, 11) is 0. The summed E-state index contributed by atoms with van der Waals surface area (Å²) in [5.41, 5.74) is 5.37. The number of rotatable bonds is 1. The lowest BCUT2D eigenvalue weighted by Gasteiger charge is -2.40. The van der Waals surface area contributed by atoms with E-state index in [0.29, 0.717) is 19.1 Å².